The number of carbonyl (C=O) groups excluding carboxylic acids is 2. The van der Waals surface area contributed by atoms with E-state index in [-0.39, 0.29) is 24.2 Å². The fraction of sp³-hybridized carbons (Fsp3) is 0.421. The molecule has 27 heavy (non-hydrogen) atoms. The second-order valence-corrected chi connectivity index (χ2v) is 7.98. The van der Waals surface area contributed by atoms with Crippen LogP contribution in [0.15, 0.2) is 35.1 Å². The summed E-state index contributed by atoms with van der Waals surface area (Å²) < 4.78 is 2.80. The molecule has 1 unspecified atom stereocenters. The minimum atomic E-state index is -0.369. The summed E-state index contributed by atoms with van der Waals surface area (Å²) >= 11 is 3.47. The summed E-state index contributed by atoms with van der Waals surface area (Å²) in [6.07, 6.45) is 3.67. The first kappa shape index (κ1) is 19.6. The number of aryl methyl sites for hydroxylation is 1. The van der Waals surface area contributed by atoms with Crippen molar-refractivity contribution >= 4 is 39.1 Å². The lowest BCUT2D eigenvalue weighted by Gasteiger charge is -2.17. The SMILES string of the molecule is Cc1cc(N2CC(C(=O)Nc3cnn(CCN(C)C)c3)CC2=O)ccc1Br. The van der Waals surface area contributed by atoms with Crippen LogP contribution in [0.2, 0.25) is 0 Å². The lowest BCUT2D eigenvalue weighted by atomic mass is 10.1. The van der Waals surface area contributed by atoms with E-state index in [1.807, 2.05) is 45.4 Å². The molecule has 144 valence electrons. The van der Waals surface area contributed by atoms with E-state index in [4.69, 9.17) is 0 Å². The summed E-state index contributed by atoms with van der Waals surface area (Å²) in [6.45, 7) is 3.99. The number of rotatable bonds is 6. The van der Waals surface area contributed by atoms with Crippen LogP contribution in [0.4, 0.5) is 11.4 Å². The average molecular weight is 434 g/mol. The monoisotopic (exact) mass is 433 g/mol. The van der Waals surface area contributed by atoms with E-state index < -0.39 is 0 Å². The zero-order valence-electron chi connectivity index (χ0n) is 15.8. The summed E-state index contributed by atoms with van der Waals surface area (Å²) in [6, 6.07) is 5.77. The van der Waals surface area contributed by atoms with Gasteiger partial charge >= 0.3 is 0 Å². The van der Waals surface area contributed by atoms with Crippen LogP contribution < -0.4 is 10.2 Å². The van der Waals surface area contributed by atoms with E-state index in [9.17, 15) is 9.59 Å². The molecule has 2 amide bonds. The largest absolute Gasteiger partial charge is 0.323 e. The van der Waals surface area contributed by atoms with Crippen LogP contribution in [-0.4, -0.2) is 53.7 Å². The Kier molecular flexibility index (Phi) is 5.96. The molecule has 1 aliphatic heterocycles. The summed E-state index contributed by atoms with van der Waals surface area (Å²) in [5.41, 5.74) is 2.54. The Bertz CT molecular complexity index is 848. The number of nitrogens with zero attached hydrogens (tertiary/aromatic N) is 4. The number of carbonyl (C=O) groups is 2. The molecule has 8 heteroatoms. The van der Waals surface area contributed by atoms with Gasteiger partial charge in [-0.3, -0.25) is 14.3 Å². The Hall–Kier alpha value is -2.19. The van der Waals surface area contributed by atoms with Crippen LogP contribution in [0.3, 0.4) is 0 Å². The number of aromatic nitrogens is 2. The number of benzene rings is 1. The highest BCUT2D eigenvalue weighted by Gasteiger charge is 2.35. The topological polar surface area (TPSA) is 70.5 Å². The van der Waals surface area contributed by atoms with Crippen LogP contribution in [0.5, 0.6) is 0 Å². The Morgan fingerprint density at radius 3 is 2.89 bits per heavy atom. The molecule has 0 radical (unpaired) electrons. The smallest absolute Gasteiger partial charge is 0.229 e. The number of anilines is 2. The molecule has 1 aliphatic rings. The maximum Gasteiger partial charge on any atom is 0.229 e. The Morgan fingerprint density at radius 1 is 1.41 bits per heavy atom. The summed E-state index contributed by atoms with van der Waals surface area (Å²) in [5.74, 6) is -0.544. The molecular formula is C19H24BrN5O2. The Balaban J connectivity index is 1.61. The van der Waals surface area contributed by atoms with E-state index >= 15 is 0 Å². The maximum atomic E-state index is 12.6. The highest BCUT2D eigenvalue weighted by molar-refractivity contribution is 9.10. The first-order chi connectivity index (χ1) is 12.8. The predicted molar refractivity (Wildman–Crippen MR) is 109 cm³/mol. The van der Waals surface area contributed by atoms with Gasteiger partial charge in [0.15, 0.2) is 0 Å². The van der Waals surface area contributed by atoms with Gasteiger partial charge in [0.05, 0.1) is 24.3 Å². The number of nitrogens with one attached hydrogen (secondary N) is 1. The van der Waals surface area contributed by atoms with E-state index in [0.29, 0.717) is 12.2 Å². The van der Waals surface area contributed by atoms with Crippen molar-refractivity contribution < 1.29 is 9.59 Å². The van der Waals surface area contributed by atoms with Crippen LogP contribution in [-0.2, 0) is 16.1 Å². The molecule has 0 spiro atoms. The molecule has 0 saturated carbocycles. The zero-order valence-corrected chi connectivity index (χ0v) is 17.4. The van der Waals surface area contributed by atoms with E-state index in [1.165, 1.54) is 0 Å². The van der Waals surface area contributed by atoms with Crippen molar-refractivity contribution in [1.29, 1.82) is 0 Å². The molecule has 2 aromatic rings. The lowest BCUT2D eigenvalue weighted by molar-refractivity contribution is -0.122. The van der Waals surface area contributed by atoms with Gasteiger partial charge in [0.1, 0.15) is 0 Å². The molecule has 2 heterocycles. The molecule has 1 saturated heterocycles. The van der Waals surface area contributed by atoms with Crippen LogP contribution >= 0.6 is 15.9 Å². The molecule has 1 aromatic carbocycles. The summed E-state index contributed by atoms with van der Waals surface area (Å²) in [4.78, 5) is 28.8. The first-order valence-corrected chi connectivity index (χ1v) is 9.67. The standard InChI is InChI=1S/C19H24BrN5O2/c1-13-8-16(4-5-17(13)20)25-11-14(9-18(25)26)19(27)22-15-10-21-24(12-15)7-6-23(2)3/h4-5,8,10,12,14H,6-7,9,11H2,1-3H3,(H,22,27). The molecule has 1 aromatic heterocycles. The second kappa shape index (κ2) is 8.22. The second-order valence-electron chi connectivity index (χ2n) is 7.12. The number of amides is 2. The average Bonchev–Trinajstić information content (AvgIpc) is 3.22. The predicted octanol–water partition coefficient (Wildman–Crippen LogP) is 2.51. The number of hydrogen-bond acceptors (Lipinski definition) is 4. The minimum absolute atomic E-state index is 0.0291. The number of halogens is 1. The van der Waals surface area contributed by atoms with Crippen LogP contribution in [0.1, 0.15) is 12.0 Å². The number of likely N-dealkylation sites (N-methyl/N-ethyl adjacent to an activating group) is 1. The molecule has 0 aliphatic carbocycles. The first-order valence-electron chi connectivity index (χ1n) is 8.88. The maximum absolute atomic E-state index is 12.6. The van der Waals surface area contributed by atoms with Crippen molar-refractivity contribution in [3.63, 3.8) is 0 Å². The lowest BCUT2D eigenvalue weighted by Crippen LogP contribution is -2.28. The van der Waals surface area contributed by atoms with Gasteiger partial charge in [-0.1, -0.05) is 15.9 Å². The van der Waals surface area contributed by atoms with Gasteiger partial charge in [0.25, 0.3) is 0 Å². The Morgan fingerprint density at radius 2 is 2.19 bits per heavy atom. The van der Waals surface area contributed by atoms with Crippen molar-refractivity contribution in [3.8, 4) is 0 Å². The highest BCUT2D eigenvalue weighted by Crippen LogP contribution is 2.29. The summed E-state index contributed by atoms with van der Waals surface area (Å²) in [5, 5.41) is 7.14. The van der Waals surface area contributed by atoms with Crippen molar-refractivity contribution in [2.24, 2.45) is 5.92 Å². The Labute approximate surface area is 167 Å². The van der Waals surface area contributed by atoms with Crippen LogP contribution in [0, 0.1) is 12.8 Å². The third kappa shape index (κ3) is 4.75. The van der Waals surface area contributed by atoms with Gasteiger partial charge in [-0.15, -0.1) is 0 Å². The van der Waals surface area contributed by atoms with Gasteiger partial charge in [-0.2, -0.15) is 5.10 Å². The van der Waals surface area contributed by atoms with Crippen molar-refractivity contribution in [2.75, 3.05) is 37.4 Å². The quantitative estimate of drug-likeness (QED) is 0.759. The molecule has 3 rings (SSSR count). The third-order valence-electron chi connectivity index (χ3n) is 4.63. The van der Waals surface area contributed by atoms with Gasteiger partial charge < -0.3 is 15.1 Å². The van der Waals surface area contributed by atoms with Gasteiger partial charge in [0.2, 0.25) is 11.8 Å². The molecule has 7 nitrogen and oxygen atoms in total. The highest BCUT2D eigenvalue weighted by atomic mass is 79.9. The number of hydrogen-bond donors (Lipinski definition) is 1. The zero-order chi connectivity index (χ0) is 19.6. The van der Waals surface area contributed by atoms with Crippen molar-refractivity contribution in [2.45, 2.75) is 19.9 Å². The third-order valence-corrected chi connectivity index (χ3v) is 5.52. The molecule has 1 atom stereocenters. The van der Waals surface area contributed by atoms with E-state index in [1.54, 1.807) is 15.8 Å². The van der Waals surface area contributed by atoms with Gasteiger partial charge in [0, 0.05) is 35.9 Å². The minimum Gasteiger partial charge on any atom is -0.323 e. The molecule has 1 N–H and O–H groups in total. The molecule has 1 fully saturated rings. The van der Waals surface area contributed by atoms with Gasteiger partial charge in [-0.05, 0) is 44.8 Å². The fourth-order valence-corrected chi connectivity index (χ4v) is 3.27. The molecular weight excluding hydrogens is 410 g/mol. The van der Waals surface area contributed by atoms with E-state index in [0.717, 1.165) is 28.8 Å². The van der Waals surface area contributed by atoms with Crippen LogP contribution in [0.25, 0.3) is 0 Å². The summed E-state index contributed by atoms with van der Waals surface area (Å²) in [7, 11) is 4.00. The van der Waals surface area contributed by atoms with Gasteiger partial charge in [-0.25, -0.2) is 0 Å². The van der Waals surface area contributed by atoms with Crippen molar-refractivity contribution in [1.82, 2.24) is 14.7 Å². The normalized spacial score (nSPS) is 17.0. The fourth-order valence-electron chi connectivity index (χ4n) is 3.03. The van der Waals surface area contributed by atoms with E-state index in [2.05, 4.69) is 31.2 Å². The van der Waals surface area contributed by atoms with Crippen molar-refractivity contribution in [3.05, 3.63) is 40.6 Å². The molecule has 0 bridgehead atoms.